The molecule has 1 aliphatic carbocycles. The Morgan fingerprint density at radius 1 is 1.24 bits per heavy atom. The van der Waals surface area contributed by atoms with Gasteiger partial charge < -0.3 is 10.2 Å². The number of carbonyl (C=O) groups is 2. The molecule has 3 unspecified atom stereocenters. The molecule has 6 nitrogen and oxygen atoms in total. The highest BCUT2D eigenvalue weighted by molar-refractivity contribution is 6.21. The summed E-state index contributed by atoms with van der Waals surface area (Å²) in [6.07, 6.45) is 6.21. The molecule has 0 aromatic carbocycles. The zero-order valence-corrected chi connectivity index (χ0v) is 15.3. The number of halogens is 1. The topological polar surface area (TPSA) is 65.5 Å². The first-order valence-electron chi connectivity index (χ1n) is 8.91. The van der Waals surface area contributed by atoms with Crippen LogP contribution in [0.15, 0.2) is 24.5 Å². The Balaban J connectivity index is 1.67. The van der Waals surface area contributed by atoms with Crippen LogP contribution < -0.4 is 5.32 Å². The third kappa shape index (κ3) is 4.30. The molecule has 0 spiro atoms. The third-order valence-corrected chi connectivity index (χ3v) is 5.72. The van der Waals surface area contributed by atoms with Gasteiger partial charge in [0.15, 0.2) is 0 Å². The molecule has 7 heteroatoms. The predicted molar refractivity (Wildman–Crippen MR) is 96.6 cm³/mol. The predicted octanol–water partition coefficient (Wildman–Crippen LogP) is 1.50. The summed E-state index contributed by atoms with van der Waals surface area (Å²) in [5.74, 6) is -0.00188. The van der Waals surface area contributed by atoms with E-state index in [4.69, 9.17) is 11.6 Å². The molecule has 1 saturated heterocycles. The molecule has 1 aromatic rings. The molecular weight excluding hydrogens is 340 g/mol. The van der Waals surface area contributed by atoms with E-state index >= 15 is 0 Å². The van der Waals surface area contributed by atoms with Crippen molar-refractivity contribution in [1.82, 2.24) is 20.1 Å². The molecule has 0 bridgehead atoms. The van der Waals surface area contributed by atoms with Gasteiger partial charge in [-0.05, 0) is 25.0 Å². The number of aromatic nitrogens is 1. The van der Waals surface area contributed by atoms with Crippen LogP contribution in [0.3, 0.4) is 0 Å². The van der Waals surface area contributed by atoms with Gasteiger partial charge >= 0.3 is 0 Å². The lowest BCUT2D eigenvalue weighted by atomic mass is 9.88. The van der Waals surface area contributed by atoms with Crippen LogP contribution in [-0.2, 0) is 4.79 Å². The molecule has 25 heavy (non-hydrogen) atoms. The molecule has 1 N–H and O–H groups in total. The first kappa shape index (κ1) is 18.1. The van der Waals surface area contributed by atoms with Crippen molar-refractivity contribution in [3.05, 3.63) is 30.1 Å². The summed E-state index contributed by atoms with van der Waals surface area (Å²) in [7, 11) is 0. The maximum absolute atomic E-state index is 12.5. The Morgan fingerprint density at radius 3 is 2.64 bits per heavy atom. The van der Waals surface area contributed by atoms with E-state index in [-0.39, 0.29) is 29.3 Å². The Hall–Kier alpha value is -1.66. The monoisotopic (exact) mass is 364 g/mol. The van der Waals surface area contributed by atoms with Gasteiger partial charge in [0.05, 0.1) is 17.0 Å². The number of alkyl halides is 1. The van der Waals surface area contributed by atoms with Crippen molar-refractivity contribution in [2.75, 3.05) is 26.2 Å². The standard InChI is InChI=1S/C18H25ClN4O2/c1-13(24)22-8-10-23(11-9-22)16-6-2-5-15(19)17(16)21-18(25)14-4-3-7-20-12-14/h3-4,7,12,15-17H,2,5-6,8-11H2,1H3,(H,21,25). The van der Waals surface area contributed by atoms with Gasteiger partial charge in [0, 0.05) is 51.5 Å². The number of hydrogen-bond acceptors (Lipinski definition) is 4. The van der Waals surface area contributed by atoms with Crippen molar-refractivity contribution in [2.24, 2.45) is 0 Å². The van der Waals surface area contributed by atoms with E-state index in [1.54, 1.807) is 31.5 Å². The fourth-order valence-corrected chi connectivity index (χ4v) is 4.20. The lowest BCUT2D eigenvalue weighted by molar-refractivity contribution is -0.131. The highest BCUT2D eigenvalue weighted by atomic mass is 35.5. The van der Waals surface area contributed by atoms with Gasteiger partial charge in [-0.1, -0.05) is 6.42 Å². The van der Waals surface area contributed by atoms with Gasteiger partial charge in [-0.2, -0.15) is 0 Å². The fourth-order valence-electron chi connectivity index (χ4n) is 3.82. The van der Waals surface area contributed by atoms with Gasteiger partial charge in [0.2, 0.25) is 5.91 Å². The molecule has 0 radical (unpaired) electrons. The van der Waals surface area contributed by atoms with E-state index in [9.17, 15) is 9.59 Å². The largest absolute Gasteiger partial charge is 0.346 e. The average molecular weight is 365 g/mol. The first-order valence-corrected chi connectivity index (χ1v) is 9.34. The average Bonchev–Trinajstić information content (AvgIpc) is 2.64. The Kier molecular flexibility index (Phi) is 5.91. The number of hydrogen-bond donors (Lipinski definition) is 1. The fraction of sp³-hybridized carbons (Fsp3) is 0.611. The minimum absolute atomic E-state index is 0.0785. The second kappa shape index (κ2) is 8.15. The second-order valence-corrected chi connectivity index (χ2v) is 7.36. The number of nitrogens with zero attached hydrogens (tertiary/aromatic N) is 3. The maximum atomic E-state index is 12.5. The molecule has 1 aromatic heterocycles. The van der Waals surface area contributed by atoms with Crippen LogP contribution in [0.25, 0.3) is 0 Å². The number of pyridine rings is 1. The molecule has 136 valence electrons. The van der Waals surface area contributed by atoms with Crippen molar-refractivity contribution in [2.45, 2.75) is 43.6 Å². The molecular formula is C18H25ClN4O2. The minimum atomic E-state index is -0.127. The number of nitrogens with one attached hydrogen (secondary N) is 1. The quantitative estimate of drug-likeness (QED) is 0.825. The highest BCUT2D eigenvalue weighted by Gasteiger charge is 2.38. The van der Waals surface area contributed by atoms with Crippen molar-refractivity contribution < 1.29 is 9.59 Å². The molecule has 3 atom stereocenters. The number of amides is 2. The Morgan fingerprint density at radius 2 is 2.00 bits per heavy atom. The normalized spacial score (nSPS) is 27.8. The summed E-state index contributed by atoms with van der Waals surface area (Å²) >= 11 is 6.59. The number of rotatable bonds is 3. The van der Waals surface area contributed by atoms with Crippen molar-refractivity contribution in [3.63, 3.8) is 0 Å². The second-order valence-electron chi connectivity index (χ2n) is 6.80. The van der Waals surface area contributed by atoms with Crippen LogP contribution in [0, 0.1) is 0 Å². The Labute approximate surface area is 153 Å². The summed E-state index contributed by atoms with van der Waals surface area (Å²) in [5, 5.41) is 3.05. The van der Waals surface area contributed by atoms with Gasteiger partial charge in [-0.25, -0.2) is 0 Å². The van der Waals surface area contributed by atoms with Crippen LogP contribution in [-0.4, -0.2) is 70.2 Å². The van der Waals surface area contributed by atoms with E-state index in [1.807, 2.05) is 4.90 Å². The minimum Gasteiger partial charge on any atom is -0.346 e. The van der Waals surface area contributed by atoms with Crippen LogP contribution in [0.1, 0.15) is 36.5 Å². The van der Waals surface area contributed by atoms with Gasteiger partial charge in [-0.3, -0.25) is 19.5 Å². The molecule has 2 fully saturated rings. The first-order chi connectivity index (χ1) is 12.1. The molecule has 3 rings (SSSR count). The molecule has 2 aliphatic rings. The van der Waals surface area contributed by atoms with Crippen LogP contribution in [0.4, 0.5) is 0 Å². The van der Waals surface area contributed by atoms with E-state index in [1.165, 1.54) is 0 Å². The summed E-state index contributed by atoms with van der Waals surface area (Å²) in [6.45, 7) is 4.74. The van der Waals surface area contributed by atoms with Crippen LogP contribution in [0.2, 0.25) is 0 Å². The molecule has 1 aliphatic heterocycles. The molecule has 2 amide bonds. The van der Waals surface area contributed by atoms with E-state index in [0.29, 0.717) is 5.56 Å². The summed E-state index contributed by atoms with van der Waals surface area (Å²) in [6, 6.07) is 3.64. The summed E-state index contributed by atoms with van der Waals surface area (Å²) in [5.41, 5.74) is 0.553. The Bertz CT molecular complexity index is 604. The van der Waals surface area contributed by atoms with E-state index in [0.717, 1.165) is 45.4 Å². The lowest BCUT2D eigenvalue weighted by Gasteiger charge is -2.45. The van der Waals surface area contributed by atoms with Crippen LogP contribution in [0.5, 0.6) is 0 Å². The number of piperazine rings is 1. The van der Waals surface area contributed by atoms with Crippen LogP contribution >= 0.6 is 11.6 Å². The zero-order valence-electron chi connectivity index (χ0n) is 14.5. The van der Waals surface area contributed by atoms with E-state index < -0.39 is 0 Å². The van der Waals surface area contributed by atoms with Crippen molar-refractivity contribution >= 4 is 23.4 Å². The van der Waals surface area contributed by atoms with Crippen molar-refractivity contribution in [1.29, 1.82) is 0 Å². The zero-order chi connectivity index (χ0) is 17.8. The smallest absolute Gasteiger partial charge is 0.253 e. The highest BCUT2D eigenvalue weighted by Crippen LogP contribution is 2.28. The van der Waals surface area contributed by atoms with Crippen molar-refractivity contribution in [3.8, 4) is 0 Å². The molecule has 2 heterocycles. The lowest BCUT2D eigenvalue weighted by Crippen LogP contribution is -2.61. The number of carbonyl (C=O) groups excluding carboxylic acids is 2. The summed E-state index contributed by atoms with van der Waals surface area (Å²) < 4.78 is 0. The third-order valence-electron chi connectivity index (χ3n) is 5.23. The van der Waals surface area contributed by atoms with Gasteiger partial charge in [0.25, 0.3) is 5.91 Å². The van der Waals surface area contributed by atoms with Gasteiger partial charge in [-0.15, -0.1) is 11.6 Å². The van der Waals surface area contributed by atoms with Gasteiger partial charge in [0.1, 0.15) is 0 Å². The van der Waals surface area contributed by atoms with E-state index in [2.05, 4.69) is 15.2 Å². The maximum Gasteiger partial charge on any atom is 0.253 e. The SMILES string of the molecule is CC(=O)N1CCN(C2CCCC(Cl)C2NC(=O)c2cccnc2)CC1. The molecule has 1 saturated carbocycles. The summed E-state index contributed by atoms with van der Waals surface area (Å²) in [4.78, 5) is 32.3.